The predicted molar refractivity (Wildman–Crippen MR) is 105 cm³/mol. The average Bonchev–Trinajstić information content (AvgIpc) is 3.14. The van der Waals surface area contributed by atoms with Gasteiger partial charge in [-0.2, -0.15) is 0 Å². The van der Waals surface area contributed by atoms with Crippen LogP contribution in [0.25, 0.3) is 0 Å². The number of pyridine rings is 1. The maximum atomic E-state index is 5.90. The lowest BCUT2D eigenvalue weighted by Gasteiger charge is -2.37. The van der Waals surface area contributed by atoms with Crippen molar-refractivity contribution in [3.8, 4) is 0 Å². The van der Waals surface area contributed by atoms with Gasteiger partial charge in [-0.25, -0.2) is 0 Å². The Morgan fingerprint density at radius 1 is 1.33 bits per heavy atom. The Labute approximate surface area is 161 Å². The van der Waals surface area contributed by atoms with E-state index >= 15 is 0 Å². The summed E-state index contributed by atoms with van der Waals surface area (Å²) in [6, 6.07) is 6.01. The Balaban J connectivity index is 0.00000208. The first-order chi connectivity index (χ1) is 11.4. The van der Waals surface area contributed by atoms with E-state index in [1.165, 1.54) is 0 Å². The molecule has 0 bridgehead atoms. The second-order valence-corrected chi connectivity index (χ2v) is 5.95. The number of nitrogens with zero attached hydrogens (tertiary/aromatic N) is 3. The standard InChI is InChI=1S/C17H26N4O2.HI/c1-18-17(20-9-7-14-5-2-3-8-19-14)21-10-12-23-16(13-21)15-6-4-11-22-15;/h2-3,5,8,15-16H,4,6-7,9-13H2,1H3,(H,18,20);1H. The SMILES string of the molecule is CN=C(NCCc1ccccn1)N1CCOC(C2CCCO2)C1.I. The molecule has 24 heavy (non-hydrogen) atoms. The van der Waals surface area contributed by atoms with Crippen LogP contribution >= 0.6 is 24.0 Å². The van der Waals surface area contributed by atoms with Crippen molar-refractivity contribution in [1.82, 2.24) is 15.2 Å². The molecule has 2 aliphatic rings. The van der Waals surface area contributed by atoms with E-state index in [0.29, 0.717) is 0 Å². The number of nitrogens with one attached hydrogen (secondary N) is 1. The lowest BCUT2D eigenvalue weighted by atomic mass is 10.1. The minimum Gasteiger partial charge on any atom is -0.375 e. The highest BCUT2D eigenvalue weighted by molar-refractivity contribution is 14.0. The van der Waals surface area contributed by atoms with E-state index in [1.807, 2.05) is 31.4 Å². The average molecular weight is 446 g/mol. The molecule has 6 nitrogen and oxygen atoms in total. The summed E-state index contributed by atoms with van der Waals surface area (Å²) in [5, 5.41) is 3.44. The van der Waals surface area contributed by atoms with Crippen LogP contribution in [0.15, 0.2) is 29.4 Å². The zero-order valence-electron chi connectivity index (χ0n) is 14.2. The van der Waals surface area contributed by atoms with Crippen LogP contribution in [-0.4, -0.2) is 67.9 Å². The topological polar surface area (TPSA) is 59.0 Å². The van der Waals surface area contributed by atoms with Gasteiger partial charge in [-0.15, -0.1) is 24.0 Å². The van der Waals surface area contributed by atoms with Crippen molar-refractivity contribution in [1.29, 1.82) is 0 Å². The largest absolute Gasteiger partial charge is 0.375 e. The molecule has 0 radical (unpaired) electrons. The van der Waals surface area contributed by atoms with Gasteiger partial charge in [-0.3, -0.25) is 9.98 Å². The summed E-state index contributed by atoms with van der Waals surface area (Å²) in [5.41, 5.74) is 1.09. The van der Waals surface area contributed by atoms with Crippen LogP contribution in [0, 0.1) is 0 Å². The monoisotopic (exact) mass is 446 g/mol. The maximum Gasteiger partial charge on any atom is 0.193 e. The number of hydrogen-bond donors (Lipinski definition) is 1. The van der Waals surface area contributed by atoms with Gasteiger partial charge in [0.25, 0.3) is 0 Å². The van der Waals surface area contributed by atoms with Crippen LogP contribution in [0.1, 0.15) is 18.5 Å². The molecule has 1 N–H and O–H groups in total. The van der Waals surface area contributed by atoms with Crippen molar-refractivity contribution >= 4 is 29.9 Å². The van der Waals surface area contributed by atoms with E-state index in [4.69, 9.17) is 9.47 Å². The normalized spacial score (nSPS) is 24.5. The number of guanidine groups is 1. The Morgan fingerprint density at radius 3 is 2.92 bits per heavy atom. The van der Waals surface area contributed by atoms with E-state index in [-0.39, 0.29) is 36.2 Å². The predicted octanol–water partition coefficient (Wildman–Crippen LogP) is 1.70. The molecular formula is C17H27IN4O2. The van der Waals surface area contributed by atoms with Crippen LogP contribution in [0.2, 0.25) is 0 Å². The number of aliphatic imine (C=N–C) groups is 1. The third-order valence-corrected chi connectivity index (χ3v) is 4.37. The minimum atomic E-state index is 0. The van der Waals surface area contributed by atoms with Crippen LogP contribution in [0.5, 0.6) is 0 Å². The highest BCUT2D eigenvalue weighted by atomic mass is 127. The molecule has 0 amide bonds. The van der Waals surface area contributed by atoms with Crippen molar-refractivity contribution in [3.63, 3.8) is 0 Å². The zero-order chi connectivity index (χ0) is 15.9. The first kappa shape index (κ1) is 19.4. The van der Waals surface area contributed by atoms with E-state index in [0.717, 1.165) is 63.8 Å². The molecule has 0 spiro atoms. The third-order valence-electron chi connectivity index (χ3n) is 4.37. The molecule has 2 atom stereocenters. The van der Waals surface area contributed by atoms with Gasteiger partial charge in [0, 0.05) is 51.6 Å². The van der Waals surface area contributed by atoms with Gasteiger partial charge in [-0.05, 0) is 25.0 Å². The second kappa shape index (κ2) is 10.1. The van der Waals surface area contributed by atoms with Gasteiger partial charge in [-0.1, -0.05) is 6.07 Å². The van der Waals surface area contributed by atoms with Crippen LogP contribution in [0.3, 0.4) is 0 Å². The summed E-state index contributed by atoms with van der Waals surface area (Å²) < 4.78 is 11.7. The number of halogens is 1. The van der Waals surface area contributed by atoms with Crippen molar-refractivity contribution in [2.75, 3.05) is 39.9 Å². The summed E-state index contributed by atoms with van der Waals surface area (Å²) in [4.78, 5) is 11.0. The molecule has 2 aliphatic heterocycles. The quantitative estimate of drug-likeness (QED) is 0.434. The van der Waals surface area contributed by atoms with Gasteiger partial charge < -0.3 is 19.7 Å². The molecule has 3 rings (SSSR count). The molecule has 1 aromatic heterocycles. The molecule has 2 fully saturated rings. The number of ether oxygens (including phenoxy) is 2. The molecule has 134 valence electrons. The Kier molecular flexibility index (Phi) is 8.20. The summed E-state index contributed by atoms with van der Waals surface area (Å²) in [5.74, 6) is 0.937. The summed E-state index contributed by atoms with van der Waals surface area (Å²) >= 11 is 0. The molecule has 2 saturated heterocycles. The minimum absolute atomic E-state index is 0. The molecule has 0 aromatic carbocycles. The number of morpholine rings is 1. The molecule has 0 aliphatic carbocycles. The highest BCUT2D eigenvalue weighted by Crippen LogP contribution is 2.20. The van der Waals surface area contributed by atoms with Crippen molar-refractivity contribution in [3.05, 3.63) is 30.1 Å². The molecular weight excluding hydrogens is 419 g/mol. The number of hydrogen-bond acceptors (Lipinski definition) is 4. The smallest absolute Gasteiger partial charge is 0.193 e. The number of aromatic nitrogens is 1. The zero-order valence-corrected chi connectivity index (χ0v) is 16.5. The van der Waals surface area contributed by atoms with Crippen molar-refractivity contribution in [2.45, 2.75) is 31.5 Å². The Morgan fingerprint density at radius 2 is 2.21 bits per heavy atom. The van der Waals surface area contributed by atoms with Gasteiger partial charge in [0.1, 0.15) is 6.10 Å². The van der Waals surface area contributed by atoms with E-state index < -0.39 is 0 Å². The Bertz CT molecular complexity index is 509. The van der Waals surface area contributed by atoms with E-state index in [2.05, 4.69) is 20.2 Å². The highest BCUT2D eigenvalue weighted by Gasteiger charge is 2.32. The maximum absolute atomic E-state index is 5.90. The second-order valence-electron chi connectivity index (χ2n) is 5.95. The summed E-state index contributed by atoms with van der Waals surface area (Å²) in [6.45, 7) is 4.12. The summed E-state index contributed by atoms with van der Waals surface area (Å²) in [6.07, 6.45) is 5.36. The van der Waals surface area contributed by atoms with Crippen molar-refractivity contribution < 1.29 is 9.47 Å². The summed E-state index contributed by atoms with van der Waals surface area (Å²) in [7, 11) is 1.83. The molecule has 7 heteroatoms. The fourth-order valence-electron chi connectivity index (χ4n) is 3.17. The molecule has 1 aromatic rings. The van der Waals surface area contributed by atoms with Gasteiger partial charge in [0.15, 0.2) is 5.96 Å². The van der Waals surface area contributed by atoms with Gasteiger partial charge in [0.05, 0.1) is 12.7 Å². The molecule has 0 saturated carbocycles. The van der Waals surface area contributed by atoms with Gasteiger partial charge >= 0.3 is 0 Å². The fourth-order valence-corrected chi connectivity index (χ4v) is 3.17. The van der Waals surface area contributed by atoms with Gasteiger partial charge in [0.2, 0.25) is 0 Å². The first-order valence-corrected chi connectivity index (χ1v) is 8.45. The first-order valence-electron chi connectivity index (χ1n) is 8.45. The van der Waals surface area contributed by atoms with Crippen LogP contribution in [-0.2, 0) is 15.9 Å². The molecule has 3 heterocycles. The Hall–Kier alpha value is -0.930. The lowest BCUT2D eigenvalue weighted by Crippen LogP contribution is -2.53. The van der Waals surface area contributed by atoms with E-state index in [1.54, 1.807) is 0 Å². The van der Waals surface area contributed by atoms with E-state index in [9.17, 15) is 0 Å². The fraction of sp³-hybridized carbons (Fsp3) is 0.647. The van der Waals surface area contributed by atoms with Crippen molar-refractivity contribution in [2.24, 2.45) is 4.99 Å². The number of rotatable bonds is 4. The molecule has 2 unspecified atom stereocenters. The van der Waals surface area contributed by atoms with Crippen LogP contribution < -0.4 is 5.32 Å². The van der Waals surface area contributed by atoms with Crippen LogP contribution in [0.4, 0.5) is 0 Å². The lowest BCUT2D eigenvalue weighted by molar-refractivity contribution is -0.0816. The third kappa shape index (κ3) is 5.29.